The molecule has 0 atom stereocenters. The Balaban J connectivity index is 1.41. The summed E-state index contributed by atoms with van der Waals surface area (Å²) in [5, 5.41) is 19.2. The quantitative estimate of drug-likeness (QED) is 0.286. The van der Waals surface area contributed by atoms with E-state index in [1.807, 2.05) is 10.6 Å². The molecule has 2 aromatic carbocycles. The molecule has 4 aromatic rings. The highest BCUT2D eigenvalue weighted by Gasteiger charge is 2.27. The predicted octanol–water partition coefficient (Wildman–Crippen LogP) is 2.08. The molecule has 0 spiro atoms. The van der Waals surface area contributed by atoms with E-state index in [0.717, 1.165) is 44.5 Å². The Morgan fingerprint density at radius 1 is 0.950 bits per heavy atom. The lowest BCUT2D eigenvalue weighted by Gasteiger charge is -2.33. The minimum Gasteiger partial charge on any atom is -0.412 e. The molecule has 0 radical (unpaired) electrons. The van der Waals surface area contributed by atoms with E-state index in [1.54, 1.807) is 24.3 Å². The van der Waals surface area contributed by atoms with E-state index in [4.69, 9.17) is 8.83 Å². The summed E-state index contributed by atoms with van der Waals surface area (Å²) >= 11 is 0. The second-order valence-corrected chi connectivity index (χ2v) is 10.1. The highest BCUT2D eigenvalue weighted by molar-refractivity contribution is 6.03. The number of carbonyl (C=O) groups excluding carboxylic acids is 1. The van der Waals surface area contributed by atoms with Crippen molar-refractivity contribution in [2.75, 3.05) is 45.9 Å². The molecule has 212 valence electrons. The molecule has 2 N–H and O–H groups in total. The fourth-order valence-electron chi connectivity index (χ4n) is 5.46. The lowest BCUT2D eigenvalue weighted by molar-refractivity contribution is -0.131. The second-order valence-electron chi connectivity index (χ2n) is 10.1. The summed E-state index contributed by atoms with van der Waals surface area (Å²) in [6, 6.07) is 11.8. The molecule has 0 bridgehead atoms. The van der Waals surface area contributed by atoms with E-state index >= 15 is 0 Å². The number of benzene rings is 2. The standard InChI is InChI=1S/C29H32FN3O7/c30-21-4-1-19(2-5-21)7-10-31-11-8-22(9-12-31)33-24-17-20(18-25(36)32(13-15-34)14-16-35)3-6-23(24)26-27(33)40-29(38)28(37)39-26/h1-6,17,22,34-35H,7-16,18H2. The van der Waals surface area contributed by atoms with Crippen LogP contribution in [0.5, 0.6) is 0 Å². The first-order valence-corrected chi connectivity index (χ1v) is 13.4. The molecule has 0 unspecified atom stereocenters. The number of amides is 1. The molecule has 1 fully saturated rings. The minimum absolute atomic E-state index is 0.0378. The van der Waals surface area contributed by atoms with E-state index in [0.29, 0.717) is 16.5 Å². The van der Waals surface area contributed by atoms with Gasteiger partial charge >= 0.3 is 11.3 Å². The van der Waals surface area contributed by atoms with Gasteiger partial charge in [-0.15, -0.1) is 0 Å². The maximum Gasteiger partial charge on any atom is 0.424 e. The van der Waals surface area contributed by atoms with Gasteiger partial charge in [-0.2, -0.15) is 0 Å². The summed E-state index contributed by atoms with van der Waals surface area (Å²) in [5.41, 5.74) is 0.689. The van der Waals surface area contributed by atoms with Gasteiger partial charge in [0.2, 0.25) is 17.2 Å². The van der Waals surface area contributed by atoms with Crippen LogP contribution in [0.4, 0.5) is 4.39 Å². The number of likely N-dealkylation sites (tertiary alicyclic amines) is 1. The molecule has 0 saturated carbocycles. The predicted molar refractivity (Wildman–Crippen MR) is 146 cm³/mol. The number of carbonyl (C=O) groups is 1. The summed E-state index contributed by atoms with van der Waals surface area (Å²) in [7, 11) is 0. The number of aromatic nitrogens is 1. The largest absolute Gasteiger partial charge is 0.424 e. The number of rotatable bonds is 10. The number of aliphatic hydroxyl groups excluding tert-OH is 2. The zero-order chi connectivity index (χ0) is 28.2. The lowest BCUT2D eigenvalue weighted by Crippen LogP contribution is -2.36. The van der Waals surface area contributed by atoms with Crippen LogP contribution < -0.4 is 11.3 Å². The van der Waals surface area contributed by atoms with E-state index in [2.05, 4.69) is 4.90 Å². The highest BCUT2D eigenvalue weighted by atomic mass is 19.1. The van der Waals surface area contributed by atoms with Crippen molar-refractivity contribution in [1.82, 2.24) is 14.4 Å². The number of fused-ring (bicyclic) bond motifs is 3. The van der Waals surface area contributed by atoms with Crippen LogP contribution in [0.2, 0.25) is 0 Å². The molecular weight excluding hydrogens is 521 g/mol. The van der Waals surface area contributed by atoms with Gasteiger partial charge < -0.3 is 33.4 Å². The highest BCUT2D eigenvalue weighted by Crippen LogP contribution is 2.35. The Morgan fingerprint density at radius 2 is 1.60 bits per heavy atom. The van der Waals surface area contributed by atoms with Gasteiger partial charge in [-0.25, -0.2) is 14.0 Å². The molecule has 1 aliphatic heterocycles. The van der Waals surface area contributed by atoms with Gasteiger partial charge in [0.05, 0.1) is 25.2 Å². The zero-order valence-electron chi connectivity index (χ0n) is 22.1. The maximum absolute atomic E-state index is 13.2. The summed E-state index contributed by atoms with van der Waals surface area (Å²) in [5.74, 6) is -0.490. The zero-order valence-corrected chi connectivity index (χ0v) is 22.1. The topological polar surface area (TPSA) is 129 Å². The Kier molecular flexibility index (Phi) is 8.43. The van der Waals surface area contributed by atoms with Gasteiger partial charge in [0.1, 0.15) is 5.82 Å². The Hall–Kier alpha value is -3.80. The van der Waals surface area contributed by atoms with Crippen LogP contribution in [-0.2, 0) is 17.6 Å². The van der Waals surface area contributed by atoms with Crippen LogP contribution in [0.1, 0.15) is 30.0 Å². The van der Waals surface area contributed by atoms with Crippen LogP contribution >= 0.6 is 0 Å². The summed E-state index contributed by atoms with van der Waals surface area (Å²) in [6.07, 6.45) is 2.37. The smallest absolute Gasteiger partial charge is 0.412 e. The Labute approximate surface area is 228 Å². The summed E-state index contributed by atoms with van der Waals surface area (Å²) in [4.78, 5) is 40.7. The monoisotopic (exact) mass is 553 g/mol. The number of piperidine rings is 1. The first-order chi connectivity index (χ1) is 19.4. The van der Waals surface area contributed by atoms with E-state index < -0.39 is 11.3 Å². The van der Waals surface area contributed by atoms with Crippen LogP contribution in [-0.4, -0.2) is 76.4 Å². The van der Waals surface area contributed by atoms with Crippen molar-refractivity contribution in [3.8, 4) is 0 Å². The Morgan fingerprint density at radius 3 is 2.27 bits per heavy atom. The van der Waals surface area contributed by atoms with E-state index in [1.165, 1.54) is 17.0 Å². The lowest BCUT2D eigenvalue weighted by atomic mass is 10.0. The van der Waals surface area contributed by atoms with Crippen molar-refractivity contribution in [2.24, 2.45) is 0 Å². The number of nitrogens with zero attached hydrogens (tertiary/aromatic N) is 3. The molecule has 40 heavy (non-hydrogen) atoms. The third kappa shape index (κ3) is 5.86. The molecule has 2 aromatic heterocycles. The fraction of sp³-hybridized carbons (Fsp3) is 0.414. The van der Waals surface area contributed by atoms with Gasteiger partial charge in [-0.1, -0.05) is 18.2 Å². The van der Waals surface area contributed by atoms with Gasteiger partial charge in [0.15, 0.2) is 0 Å². The van der Waals surface area contributed by atoms with Crippen molar-refractivity contribution in [3.05, 3.63) is 80.2 Å². The van der Waals surface area contributed by atoms with Crippen molar-refractivity contribution < 1.29 is 28.2 Å². The van der Waals surface area contributed by atoms with E-state index in [9.17, 15) is 29.0 Å². The van der Waals surface area contributed by atoms with Crippen molar-refractivity contribution in [1.29, 1.82) is 0 Å². The van der Waals surface area contributed by atoms with Gasteiger partial charge in [-0.3, -0.25) is 4.79 Å². The van der Waals surface area contributed by atoms with Crippen molar-refractivity contribution >= 4 is 28.1 Å². The SMILES string of the molecule is O=C(Cc1ccc2c3oc(=O)c(=O)oc3n(C3CCN(CCc4ccc(F)cc4)CC3)c2c1)N(CCO)CCO. The van der Waals surface area contributed by atoms with Crippen LogP contribution in [0.3, 0.4) is 0 Å². The van der Waals surface area contributed by atoms with Crippen molar-refractivity contribution in [3.63, 3.8) is 0 Å². The molecule has 11 heteroatoms. The molecular formula is C29H32FN3O7. The fourth-order valence-corrected chi connectivity index (χ4v) is 5.46. The summed E-state index contributed by atoms with van der Waals surface area (Å²) in [6.45, 7) is 2.25. The van der Waals surface area contributed by atoms with Crippen LogP contribution in [0.15, 0.2) is 60.9 Å². The average molecular weight is 554 g/mol. The third-order valence-corrected chi connectivity index (χ3v) is 7.53. The van der Waals surface area contributed by atoms with E-state index in [-0.39, 0.29) is 61.8 Å². The van der Waals surface area contributed by atoms with Crippen LogP contribution in [0.25, 0.3) is 22.2 Å². The average Bonchev–Trinajstić information content (AvgIpc) is 3.25. The molecule has 3 heterocycles. The second kappa shape index (κ2) is 12.2. The maximum atomic E-state index is 13.2. The molecule has 1 amide bonds. The van der Waals surface area contributed by atoms with Gasteiger partial charge in [-0.05, 0) is 54.7 Å². The normalized spacial score (nSPS) is 14.8. The van der Waals surface area contributed by atoms with Crippen molar-refractivity contribution in [2.45, 2.75) is 31.7 Å². The molecule has 5 rings (SSSR count). The number of hydrogen-bond donors (Lipinski definition) is 2. The third-order valence-electron chi connectivity index (χ3n) is 7.53. The van der Waals surface area contributed by atoms with Gasteiger partial charge in [0, 0.05) is 44.2 Å². The Bertz CT molecular complexity index is 1590. The number of aliphatic hydroxyl groups is 2. The first kappa shape index (κ1) is 27.8. The first-order valence-electron chi connectivity index (χ1n) is 13.4. The molecule has 0 aliphatic carbocycles. The van der Waals surface area contributed by atoms with Gasteiger partial charge in [0.25, 0.3) is 0 Å². The molecule has 10 nitrogen and oxygen atoms in total. The minimum atomic E-state index is -1.08. The van der Waals surface area contributed by atoms with Crippen LogP contribution in [0, 0.1) is 5.82 Å². The summed E-state index contributed by atoms with van der Waals surface area (Å²) < 4.78 is 25.9. The molecule has 1 aliphatic rings. The number of hydrogen-bond acceptors (Lipinski definition) is 8. The number of halogens is 1. The molecule has 1 saturated heterocycles.